The van der Waals surface area contributed by atoms with Gasteiger partial charge in [-0.05, 0) is 61.1 Å². The van der Waals surface area contributed by atoms with Gasteiger partial charge in [-0.25, -0.2) is 4.39 Å². The molecule has 2 aromatic carbocycles. The summed E-state index contributed by atoms with van der Waals surface area (Å²) in [6.45, 7) is 1.97. The van der Waals surface area contributed by atoms with Crippen LogP contribution in [-0.4, -0.2) is 5.11 Å². The van der Waals surface area contributed by atoms with E-state index in [2.05, 4.69) is 0 Å². The zero-order chi connectivity index (χ0) is 14.8. The first-order valence-corrected chi connectivity index (χ1v) is 7.43. The topological polar surface area (TPSA) is 29.5 Å². The van der Waals surface area contributed by atoms with Crippen LogP contribution in [0.15, 0.2) is 42.5 Å². The molecular formula is C18H19FO2. The number of aliphatic hydroxyl groups excluding tert-OH is 1. The summed E-state index contributed by atoms with van der Waals surface area (Å²) < 4.78 is 18.9. The largest absolute Gasteiger partial charge is 0.457 e. The van der Waals surface area contributed by atoms with E-state index < -0.39 is 6.10 Å². The Kier molecular flexibility index (Phi) is 3.93. The zero-order valence-electron chi connectivity index (χ0n) is 12.1. The summed E-state index contributed by atoms with van der Waals surface area (Å²) in [4.78, 5) is 0. The highest BCUT2D eigenvalue weighted by Gasteiger charge is 2.31. The standard InChI is InChI=1S/C18H19FO2/c1-2-16(20)15-4-3-5-17(18(15)12-6-7-12)21-14-10-8-13(19)9-11-14/h3-5,8-12,16,20H,2,6-7H2,1H3. The number of benzene rings is 2. The Morgan fingerprint density at radius 2 is 1.90 bits per heavy atom. The average molecular weight is 286 g/mol. The molecule has 1 fully saturated rings. The molecule has 1 saturated carbocycles. The summed E-state index contributed by atoms with van der Waals surface area (Å²) in [5.41, 5.74) is 2.07. The van der Waals surface area contributed by atoms with Crippen LogP contribution in [0.5, 0.6) is 11.5 Å². The lowest BCUT2D eigenvalue weighted by Gasteiger charge is -2.18. The molecule has 0 heterocycles. The lowest BCUT2D eigenvalue weighted by molar-refractivity contribution is 0.172. The molecule has 0 bridgehead atoms. The van der Waals surface area contributed by atoms with Crippen molar-refractivity contribution in [2.45, 2.75) is 38.2 Å². The predicted octanol–water partition coefficient (Wildman–Crippen LogP) is 4.94. The molecule has 0 saturated heterocycles. The third kappa shape index (κ3) is 3.08. The average Bonchev–Trinajstić information content (AvgIpc) is 3.33. The second-order valence-electron chi connectivity index (χ2n) is 5.51. The lowest BCUT2D eigenvalue weighted by atomic mass is 9.96. The third-order valence-corrected chi connectivity index (χ3v) is 3.87. The van der Waals surface area contributed by atoms with E-state index in [0.29, 0.717) is 18.1 Å². The van der Waals surface area contributed by atoms with Crippen LogP contribution in [0.25, 0.3) is 0 Å². The molecule has 0 aromatic heterocycles. The molecule has 1 atom stereocenters. The highest BCUT2D eigenvalue weighted by Crippen LogP contribution is 2.48. The minimum atomic E-state index is -0.461. The van der Waals surface area contributed by atoms with Crippen molar-refractivity contribution in [3.63, 3.8) is 0 Å². The Bertz CT molecular complexity index is 618. The van der Waals surface area contributed by atoms with Crippen LogP contribution in [0.3, 0.4) is 0 Å². The maximum absolute atomic E-state index is 13.0. The fraction of sp³-hybridized carbons (Fsp3) is 0.333. The van der Waals surface area contributed by atoms with Gasteiger partial charge in [-0.3, -0.25) is 0 Å². The van der Waals surface area contributed by atoms with Gasteiger partial charge in [-0.15, -0.1) is 0 Å². The molecule has 3 rings (SSSR count). The van der Waals surface area contributed by atoms with Crippen molar-refractivity contribution < 1.29 is 14.2 Å². The molecule has 3 heteroatoms. The van der Waals surface area contributed by atoms with Gasteiger partial charge in [0.15, 0.2) is 0 Å². The Balaban J connectivity index is 1.95. The van der Waals surface area contributed by atoms with Crippen LogP contribution in [0.4, 0.5) is 4.39 Å². The van der Waals surface area contributed by atoms with Gasteiger partial charge < -0.3 is 9.84 Å². The molecule has 0 aliphatic heterocycles. The number of ether oxygens (including phenoxy) is 1. The quantitative estimate of drug-likeness (QED) is 0.843. The number of halogens is 1. The number of hydrogen-bond acceptors (Lipinski definition) is 2. The van der Waals surface area contributed by atoms with Gasteiger partial charge in [-0.2, -0.15) is 0 Å². The van der Waals surface area contributed by atoms with Crippen molar-refractivity contribution in [1.29, 1.82) is 0 Å². The first kappa shape index (κ1) is 14.1. The van der Waals surface area contributed by atoms with E-state index in [9.17, 15) is 9.50 Å². The van der Waals surface area contributed by atoms with Crippen molar-refractivity contribution in [3.8, 4) is 11.5 Å². The van der Waals surface area contributed by atoms with Crippen LogP contribution in [0.2, 0.25) is 0 Å². The Morgan fingerprint density at radius 1 is 1.19 bits per heavy atom. The van der Waals surface area contributed by atoms with Crippen LogP contribution in [0, 0.1) is 5.82 Å². The molecule has 0 radical (unpaired) electrons. The van der Waals surface area contributed by atoms with Gasteiger partial charge in [0, 0.05) is 5.56 Å². The second-order valence-corrected chi connectivity index (χ2v) is 5.51. The molecule has 2 aromatic rings. The van der Waals surface area contributed by atoms with E-state index >= 15 is 0 Å². The molecular weight excluding hydrogens is 267 g/mol. The van der Waals surface area contributed by atoms with E-state index in [1.165, 1.54) is 12.1 Å². The fourth-order valence-corrected chi connectivity index (χ4v) is 2.60. The normalized spacial score (nSPS) is 15.8. The van der Waals surface area contributed by atoms with Crippen molar-refractivity contribution in [2.75, 3.05) is 0 Å². The Morgan fingerprint density at radius 3 is 2.52 bits per heavy atom. The van der Waals surface area contributed by atoms with Gasteiger partial charge >= 0.3 is 0 Å². The molecule has 0 spiro atoms. The summed E-state index contributed by atoms with van der Waals surface area (Å²) in [6.07, 6.45) is 2.48. The molecule has 1 unspecified atom stereocenters. The smallest absolute Gasteiger partial charge is 0.131 e. The maximum atomic E-state index is 13.0. The zero-order valence-corrected chi connectivity index (χ0v) is 12.1. The molecule has 1 aliphatic carbocycles. The summed E-state index contributed by atoms with van der Waals surface area (Å²) in [7, 11) is 0. The van der Waals surface area contributed by atoms with Crippen LogP contribution in [-0.2, 0) is 0 Å². The van der Waals surface area contributed by atoms with E-state index in [0.717, 1.165) is 29.7 Å². The summed E-state index contributed by atoms with van der Waals surface area (Å²) in [5.74, 6) is 1.58. The fourth-order valence-electron chi connectivity index (χ4n) is 2.60. The van der Waals surface area contributed by atoms with Gasteiger partial charge in [0.05, 0.1) is 6.10 Å². The van der Waals surface area contributed by atoms with E-state index in [-0.39, 0.29) is 5.82 Å². The minimum Gasteiger partial charge on any atom is -0.457 e. The van der Waals surface area contributed by atoms with Crippen molar-refractivity contribution in [3.05, 3.63) is 59.4 Å². The maximum Gasteiger partial charge on any atom is 0.131 e. The molecule has 21 heavy (non-hydrogen) atoms. The highest BCUT2D eigenvalue weighted by atomic mass is 19.1. The van der Waals surface area contributed by atoms with Gasteiger partial charge in [0.1, 0.15) is 17.3 Å². The summed E-state index contributed by atoms with van der Waals surface area (Å²) in [5, 5.41) is 10.2. The van der Waals surface area contributed by atoms with Crippen molar-refractivity contribution >= 4 is 0 Å². The first-order chi connectivity index (χ1) is 10.2. The van der Waals surface area contributed by atoms with E-state index in [1.807, 2.05) is 25.1 Å². The summed E-state index contributed by atoms with van der Waals surface area (Å²) >= 11 is 0. The molecule has 2 nitrogen and oxygen atoms in total. The Labute approximate surface area is 124 Å². The van der Waals surface area contributed by atoms with Gasteiger partial charge in [0.25, 0.3) is 0 Å². The van der Waals surface area contributed by atoms with Gasteiger partial charge in [-0.1, -0.05) is 19.1 Å². The van der Waals surface area contributed by atoms with Crippen molar-refractivity contribution in [2.24, 2.45) is 0 Å². The number of aliphatic hydroxyl groups is 1. The monoisotopic (exact) mass is 286 g/mol. The number of rotatable bonds is 5. The SMILES string of the molecule is CCC(O)c1cccc(Oc2ccc(F)cc2)c1C1CC1. The lowest BCUT2D eigenvalue weighted by Crippen LogP contribution is -2.02. The third-order valence-electron chi connectivity index (χ3n) is 3.87. The highest BCUT2D eigenvalue weighted by molar-refractivity contribution is 5.47. The molecule has 1 aliphatic rings. The Hall–Kier alpha value is -1.87. The second kappa shape index (κ2) is 5.86. The molecule has 1 N–H and O–H groups in total. The van der Waals surface area contributed by atoms with Crippen LogP contribution >= 0.6 is 0 Å². The summed E-state index contributed by atoms with van der Waals surface area (Å²) in [6, 6.07) is 11.8. The molecule has 110 valence electrons. The predicted molar refractivity (Wildman–Crippen MR) is 80.1 cm³/mol. The van der Waals surface area contributed by atoms with E-state index in [4.69, 9.17) is 4.74 Å². The number of hydrogen-bond donors (Lipinski definition) is 1. The van der Waals surface area contributed by atoms with Crippen molar-refractivity contribution in [1.82, 2.24) is 0 Å². The van der Waals surface area contributed by atoms with Crippen LogP contribution < -0.4 is 4.74 Å². The molecule has 0 amide bonds. The first-order valence-electron chi connectivity index (χ1n) is 7.43. The van der Waals surface area contributed by atoms with Gasteiger partial charge in [0.2, 0.25) is 0 Å². The van der Waals surface area contributed by atoms with E-state index in [1.54, 1.807) is 12.1 Å². The van der Waals surface area contributed by atoms with Crippen LogP contribution in [0.1, 0.15) is 49.3 Å². The minimum absolute atomic E-state index is 0.278.